The van der Waals surface area contributed by atoms with Crippen molar-refractivity contribution in [3.63, 3.8) is 0 Å². The molecule has 2 fully saturated rings. The maximum atomic E-state index is 14.0. The van der Waals surface area contributed by atoms with Gasteiger partial charge in [-0.25, -0.2) is 4.39 Å². The molecule has 3 rings (SSSR count). The molecule has 124 valence electrons. The maximum Gasteiger partial charge on any atom is 0.227 e. The van der Waals surface area contributed by atoms with Gasteiger partial charge in [-0.05, 0) is 37.5 Å². The first-order valence-corrected chi connectivity index (χ1v) is 7.89. The number of carbonyl (C=O) groups excluding carboxylic acids is 2. The summed E-state index contributed by atoms with van der Waals surface area (Å²) < 4.78 is 14.0. The number of nitrogens with zero attached hydrogens (tertiary/aromatic N) is 1. The van der Waals surface area contributed by atoms with Crippen LogP contribution >= 0.6 is 0 Å². The average molecular weight is 320 g/mol. The highest BCUT2D eigenvalue weighted by Gasteiger charge is 2.43. The molecule has 1 aliphatic heterocycles. The summed E-state index contributed by atoms with van der Waals surface area (Å²) in [6.07, 6.45) is 1.91. The molecule has 1 aromatic rings. The van der Waals surface area contributed by atoms with Crippen LogP contribution in [0.15, 0.2) is 18.2 Å². The van der Waals surface area contributed by atoms with Crippen LogP contribution in [0.5, 0.6) is 0 Å². The first kappa shape index (κ1) is 15.9. The zero-order valence-corrected chi connectivity index (χ0v) is 13.1. The number of anilines is 1. The fraction of sp³-hybridized carbons (Fsp3) is 0.529. The van der Waals surface area contributed by atoms with Gasteiger partial charge in [-0.15, -0.1) is 0 Å². The van der Waals surface area contributed by atoms with E-state index in [-0.39, 0.29) is 42.5 Å². The van der Waals surface area contributed by atoms with Gasteiger partial charge in [0.25, 0.3) is 0 Å². The van der Waals surface area contributed by atoms with Crippen molar-refractivity contribution in [1.82, 2.24) is 5.32 Å². The Morgan fingerprint density at radius 1 is 1.48 bits per heavy atom. The number of hydrogen-bond donors (Lipinski definition) is 2. The molecule has 1 atom stereocenters. The topological polar surface area (TPSA) is 69.6 Å². The third-order valence-corrected chi connectivity index (χ3v) is 4.82. The van der Waals surface area contributed by atoms with Gasteiger partial charge in [0.05, 0.1) is 18.2 Å². The van der Waals surface area contributed by atoms with E-state index in [1.807, 2.05) is 0 Å². The molecule has 0 bridgehead atoms. The molecule has 2 amide bonds. The quantitative estimate of drug-likeness (QED) is 0.861. The Morgan fingerprint density at radius 2 is 2.22 bits per heavy atom. The lowest BCUT2D eigenvalue weighted by molar-refractivity contribution is -0.126. The molecule has 1 aromatic carbocycles. The van der Waals surface area contributed by atoms with Crippen molar-refractivity contribution in [1.29, 1.82) is 0 Å². The van der Waals surface area contributed by atoms with E-state index >= 15 is 0 Å². The normalized spacial score (nSPS) is 22.3. The molecular weight excluding hydrogens is 299 g/mol. The number of aliphatic hydroxyl groups excluding tert-OH is 1. The summed E-state index contributed by atoms with van der Waals surface area (Å²) in [5, 5.41) is 12.1. The minimum Gasteiger partial charge on any atom is -0.396 e. The lowest BCUT2D eigenvalue weighted by atomic mass is 10.1. The molecule has 0 spiro atoms. The van der Waals surface area contributed by atoms with E-state index in [0.29, 0.717) is 6.54 Å². The number of benzene rings is 1. The Balaban J connectivity index is 1.63. The van der Waals surface area contributed by atoms with Crippen molar-refractivity contribution in [3.05, 3.63) is 29.6 Å². The van der Waals surface area contributed by atoms with Crippen molar-refractivity contribution in [2.24, 2.45) is 11.3 Å². The number of carbonyl (C=O) groups is 2. The summed E-state index contributed by atoms with van der Waals surface area (Å²) >= 11 is 0. The molecule has 6 heteroatoms. The van der Waals surface area contributed by atoms with E-state index in [1.54, 1.807) is 19.1 Å². The summed E-state index contributed by atoms with van der Waals surface area (Å²) in [5.74, 6) is -1.36. The van der Waals surface area contributed by atoms with Crippen LogP contribution in [0.1, 0.15) is 24.8 Å². The lowest BCUT2D eigenvalue weighted by Crippen LogP contribution is -2.37. The summed E-state index contributed by atoms with van der Waals surface area (Å²) in [6, 6.07) is 4.71. The molecule has 1 saturated heterocycles. The molecular formula is C17H21FN2O3. The zero-order chi connectivity index (χ0) is 16.6. The first-order chi connectivity index (χ1) is 10.9. The third-order valence-electron chi connectivity index (χ3n) is 4.82. The highest BCUT2D eigenvalue weighted by molar-refractivity contribution is 6.00. The van der Waals surface area contributed by atoms with Crippen molar-refractivity contribution in [2.45, 2.75) is 26.2 Å². The van der Waals surface area contributed by atoms with Gasteiger partial charge in [0.2, 0.25) is 11.8 Å². The Kier molecular flexibility index (Phi) is 4.10. The van der Waals surface area contributed by atoms with Crippen LogP contribution in [0.2, 0.25) is 0 Å². The van der Waals surface area contributed by atoms with E-state index in [1.165, 1.54) is 11.0 Å². The molecule has 2 N–H and O–H groups in total. The van der Waals surface area contributed by atoms with Crippen LogP contribution in [0.4, 0.5) is 10.1 Å². The molecule has 1 unspecified atom stereocenters. The number of rotatable bonds is 5. The number of amides is 2. The van der Waals surface area contributed by atoms with Gasteiger partial charge in [-0.3, -0.25) is 9.59 Å². The van der Waals surface area contributed by atoms with Crippen LogP contribution in [-0.4, -0.2) is 36.6 Å². The average Bonchev–Trinajstić information content (AvgIpc) is 3.21. The largest absolute Gasteiger partial charge is 0.396 e. The highest BCUT2D eigenvalue weighted by Crippen LogP contribution is 2.44. The minimum absolute atomic E-state index is 0.0670. The Hall–Kier alpha value is -1.95. The van der Waals surface area contributed by atoms with Crippen molar-refractivity contribution < 1.29 is 19.1 Å². The van der Waals surface area contributed by atoms with E-state index < -0.39 is 11.7 Å². The fourth-order valence-corrected chi connectivity index (χ4v) is 2.93. The zero-order valence-electron chi connectivity index (χ0n) is 13.1. The van der Waals surface area contributed by atoms with Gasteiger partial charge in [0.1, 0.15) is 5.82 Å². The molecule has 0 radical (unpaired) electrons. The van der Waals surface area contributed by atoms with Crippen LogP contribution in [0.25, 0.3) is 0 Å². The number of halogens is 1. The van der Waals surface area contributed by atoms with Crippen LogP contribution in [0.3, 0.4) is 0 Å². The van der Waals surface area contributed by atoms with Crippen molar-refractivity contribution in [3.8, 4) is 0 Å². The van der Waals surface area contributed by atoms with Gasteiger partial charge < -0.3 is 15.3 Å². The third kappa shape index (κ3) is 3.22. The van der Waals surface area contributed by atoms with E-state index in [9.17, 15) is 19.1 Å². The predicted molar refractivity (Wildman–Crippen MR) is 83.4 cm³/mol. The summed E-state index contributed by atoms with van der Waals surface area (Å²) in [5.41, 5.74) is 0.844. The second kappa shape index (κ2) is 5.92. The van der Waals surface area contributed by atoms with Gasteiger partial charge in [-0.2, -0.15) is 0 Å². The molecule has 5 nitrogen and oxygen atoms in total. The molecule has 23 heavy (non-hydrogen) atoms. The lowest BCUT2D eigenvalue weighted by Gasteiger charge is -2.18. The molecule has 1 saturated carbocycles. The number of aliphatic hydroxyl groups is 1. The van der Waals surface area contributed by atoms with Gasteiger partial charge in [0.15, 0.2) is 0 Å². The highest BCUT2D eigenvalue weighted by atomic mass is 19.1. The van der Waals surface area contributed by atoms with E-state index in [0.717, 1.165) is 18.4 Å². The molecule has 0 aromatic heterocycles. The van der Waals surface area contributed by atoms with E-state index in [2.05, 4.69) is 5.32 Å². The molecule has 2 aliphatic rings. The van der Waals surface area contributed by atoms with E-state index in [4.69, 9.17) is 0 Å². The number of aryl methyl sites for hydroxylation is 1. The van der Waals surface area contributed by atoms with Crippen molar-refractivity contribution in [2.75, 3.05) is 24.6 Å². The second-order valence-electron chi connectivity index (χ2n) is 6.74. The maximum absolute atomic E-state index is 14.0. The standard InChI is InChI=1S/C17H21FN2O3/c1-11-2-3-14(13(18)6-11)20-8-12(7-15(20)22)16(23)19-9-17(10-21)4-5-17/h2-3,6,12,21H,4-5,7-10H2,1H3,(H,19,23). The van der Waals surface area contributed by atoms with Gasteiger partial charge >= 0.3 is 0 Å². The Morgan fingerprint density at radius 3 is 2.83 bits per heavy atom. The van der Waals surface area contributed by atoms with Crippen molar-refractivity contribution >= 4 is 17.5 Å². The second-order valence-corrected chi connectivity index (χ2v) is 6.74. The first-order valence-electron chi connectivity index (χ1n) is 7.89. The Bertz CT molecular complexity index is 643. The monoisotopic (exact) mass is 320 g/mol. The summed E-state index contributed by atoms with van der Waals surface area (Å²) in [6.45, 7) is 2.48. The summed E-state index contributed by atoms with van der Waals surface area (Å²) in [7, 11) is 0. The molecule has 1 aliphatic carbocycles. The number of nitrogens with one attached hydrogen (secondary N) is 1. The van der Waals surface area contributed by atoms with Gasteiger partial charge in [0, 0.05) is 24.9 Å². The van der Waals surface area contributed by atoms with Crippen LogP contribution in [-0.2, 0) is 9.59 Å². The fourth-order valence-electron chi connectivity index (χ4n) is 2.93. The number of hydrogen-bond acceptors (Lipinski definition) is 3. The smallest absolute Gasteiger partial charge is 0.227 e. The molecule has 1 heterocycles. The minimum atomic E-state index is -0.474. The Labute approximate surface area is 134 Å². The van der Waals surface area contributed by atoms with Crippen LogP contribution in [0, 0.1) is 24.1 Å². The SMILES string of the molecule is Cc1ccc(N2CC(C(=O)NCC3(CO)CC3)CC2=O)c(F)c1. The van der Waals surface area contributed by atoms with Crippen LogP contribution < -0.4 is 10.2 Å². The van der Waals surface area contributed by atoms with Gasteiger partial charge in [-0.1, -0.05) is 6.07 Å². The predicted octanol–water partition coefficient (Wildman–Crippen LogP) is 1.38. The summed E-state index contributed by atoms with van der Waals surface area (Å²) in [4.78, 5) is 25.7.